The maximum absolute atomic E-state index is 12.0. The third kappa shape index (κ3) is 4.96. The van der Waals surface area contributed by atoms with Gasteiger partial charge in [0.15, 0.2) is 5.84 Å². The van der Waals surface area contributed by atoms with Crippen LogP contribution in [0.1, 0.15) is 5.56 Å². The number of hydrogen-bond acceptors (Lipinski definition) is 5. The van der Waals surface area contributed by atoms with Crippen molar-refractivity contribution in [2.75, 3.05) is 17.7 Å². The molecular formula is C15H14ClN5O3. The molecule has 9 heteroatoms. The molecule has 2 aromatic rings. The predicted molar refractivity (Wildman–Crippen MR) is 91.1 cm³/mol. The molecule has 8 nitrogen and oxygen atoms in total. The van der Waals surface area contributed by atoms with Crippen LogP contribution in [0.5, 0.6) is 0 Å². The molecule has 124 valence electrons. The van der Waals surface area contributed by atoms with Gasteiger partial charge in [0.25, 0.3) is 0 Å². The van der Waals surface area contributed by atoms with Crippen LogP contribution in [-0.4, -0.2) is 30.4 Å². The van der Waals surface area contributed by atoms with Crippen LogP contribution in [0.4, 0.5) is 16.2 Å². The van der Waals surface area contributed by atoms with Gasteiger partial charge in [-0.2, -0.15) is 0 Å². The van der Waals surface area contributed by atoms with Gasteiger partial charge in [0.05, 0.1) is 0 Å². The lowest BCUT2D eigenvalue weighted by Crippen LogP contribution is -2.24. The molecule has 0 aliphatic heterocycles. The van der Waals surface area contributed by atoms with Crippen molar-refractivity contribution in [1.29, 1.82) is 0 Å². The first kappa shape index (κ1) is 17.2. The van der Waals surface area contributed by atoms with Crippen molar-refractivity contribution < 1.29 is 14.4 Å². The Morgan fingerprint density at radius 3 is 2.67 bits per heavy atom. The lowest BCUT2D eigenvalue weighted by molar-refractivity contribution is -0.132. The smallest absolute Gasteiger partial charge is 0.323 e. The Kier molecular flexibility index (Phi) is 6.09. The first-order valence-electron chi connectivity index (χ1n) is 6.74. The fourth-order valence-electron chi connectivity index (χ4n) is 1.83. The van der Waals surface area contributed by atoms with E-state index >= 15 is 0 Å². The molecule has 0 saturated carbocycles. The lowest BCUT2D eigenvalue weighted by atomic mass is 10.2. The minimum absolute atomic E-state index is 0.251. The number of aliphatic imine (C=N–C) groups is 1. The first-order valence-corrected chi connectivity index (χ1v) is 7.12. The van der Waals surface area contributed by atoms with Gasteiger partial charge < -0.3 is 15.5 Å². The quantitative estimate of drug-likeness (QED) is 0.253. The molecule has 3 N–H and O–H groups in total. The highest BCUT2D eigenvalue weighted by Gasteiger charge is 2.07. The van der Waals surface area contributed by atoms with E-state index in [0.29, 0.717) is 22.8 Å². The van der Waals surface area contributed by atoms with Crippen molar-refractivity contribution in [2.24, 2.45) is 4.99 Å². The van der Waals surface area contributed by atoms with Gasteiger partial charge in [0.1, 0.15) is 5.15 Å². The number of pyridine rings is 1. The van der Waals surface area contributed by atoms with Crippen molar-refractivity contribution in [3.05, 3.63) is 53.3 Å². The van der Waals surface area contributed by atoms with Crippen molar-refractivity contribution in [3.8, 4) is 0 Å². The van der Waals surface area contributed by atoms with Crippen molar-refractivity contribution in [2.45, 2.75) is 0 Å². The van der Waals surface area contributed by atoms with E-state index in [1.54, 1.807) is 30.3 Å². The highest BCUT2D eigenvalue weighted by Crippen LogP contribution is 2.14. The zero-order valence-electron chi connectivity index (χ0n) is 12.6. The summed E-state index contributed by atoms with van der Waals surface area (Å²) >= 11 is 5.76. The topological polar surface area (TPSA) is 105 Å². The Morgan fingerprint density at radius 1 is 1.25 bits per heavy atom. The fourth-order valence-corrected chi connectivity index (χ4v) is 2.01. The summed E-state index contributed by atoms with van der Waals surface area (Å²) in [6.45, 7) is 0.251. The Hall–Kier alpha value is -3.13. The minimum Gasteiger partial charge on any atom is -0.345 e. The van der Waals surface area contributed by atoms with E-state index in [2.05, 4.69) is 30.9 Å². The van der Waals surface area contributed by atoms with Crippen LogP contribution in [0.25, 0.3) is 0 Å². The zero-order valence-corrected chi connectivity index (χ0v) is 13.4. The van der Waals surface area contributed by atoms with E-state index in [-0.39, 0.29) is 11.6 Å². The number of hydrogen-bond donors (Lipinski definition) is 3. The lowest BCUT2D eigenvalue weighted by Gasteiger charge is -2.10. The molecule has 0 aliphatic carbocycles. The molecule has 0 aliphatic rings. The molecule has 2 amide bonds. The number of benzene rings is 1. The normalized spacial score (nSPS) is 10.7. The zero-order chi connectivity index (χ0) is 17.4. The molecule has 0 saturated heterocycles. The number of halogens is 1. The van der Waals surface area contributed by atoms with Gasteiger partial charge in [0, 0.05) is 30.2 Å². The van der Waals surface area contributed by atoms with Crippen molar-refractivity contribution in [3.63, 3.8) is 0 Å². The number of aromatic nitrogens is 1. The average Bonchev–Trinajstić information content (AvgIpc) is 2.56. The summed E-state index contributed by atoms with van der Waals surface area (Å²) in [5, 5.41) is 5.59. The van der Waals surface area contributed by atoms with Crippen LogP contribution in [0.2, 0.25) is 5.15 Å². The number of rotatable bonds is 5. The van der Waals surface area contributed by atoms with Crippen LogP contribution >= 0.6 is 11.6 Å². The highest BCUT2D eigenvalue weighted by molar-refractivity contribution is 6.29. The minimum atomic E-state index is -0.443. The summed E-state index contributed by atoms with van der Waals surface area (Å²) in [7, 11) is 1.54. The maximum atomic E-state index is 12.0. The molecule has 24 heavy (non-hydrogen) atoms. The number of urea groups is 1. The number of hydroxylamine groups is 1. The summed E-state index contributed by atoms with van der Waals surface area (Å²) in [6.07, 6.45) is 1.49. The number of nitrogens with one attached hydrogen (secondary N) is 3. The van der Waals surface area contributed by atoms with Gasteiger partial charge in [0.2, 0.25) is 0 Å². The number of anilines is 2. The highest BCUT2D eigenvalue weighted by atomic mass is 35.5. The molecule has 0 bridgehead atoms. The number of carbonyl (C=O) groups is 2. The summed E-state index contributed by atoms with van der Waals surface area (Å²) in [5.41, 5.74) is 4.06. The fraction of sp³-hybridized carbons (Fsp3) is 0.0667. The van der Waals surface area contributed by atoms with E-state index < -0.39 is 6.03 Å². The third-order valence-electron chi connectivity index (χ3n) is 2.81. The Bertz CT molecular complexity index is 766. The van der Waals surface area contributed by atoms with Crippen LogP contribution in [0.15, 0.2) is 47.6 Å². The van der Waals surface area contributed by atoms with Crippen molar-refractivity contribution >= 4 is 41.3 Å². The van der Waals surface area contributed by atoms with Gasteiger partial charge in [-0.3, -0.25) is 9.79 Å². The summed E-state index contributed by atoms with van der Waals surface area (Å²) in [6, 6.07) is 9.54. The third-order valence-corrected chi connectivity index (χ3v) is 3.01. The molecule has 1 heterocycles. The van der Waals surface area contributed by atoms with Gasteiger partial charge in [-0.05, 0) is 24.3 Å². The molecule has 2 rings (SSSR count). The molecule has 0 atom stereocenters. The standard InChI is InChI=1S/C15H14ClN5O3/c1-17-14(21-24-9-22)10-3-2-4-11(7-10)19-15(23)20-12-5-6-18-13(16)8-12/h2-9H,1H3,(H,17,21)(H2,18,19,20,23). The maximum Gasteiger partial charge on any atom is 0.323 e. The Labute approximate surface area is 142 Å². The van der Waals surface area contributed by atoms with Gasteiger partial charge in [-0.25, -0.2) is 15.3 Å². The van der Waals surface area contributed by atoms with Gasteiger partial charge in [-0.15, -0.1) is 0 Å². The summed E-state index contributed by atoms with van der Waals surface area (Å²) < 4.78 is 0. The van der Waals surface area contributed by atoms with Crippen LogP contribution in [0, 0.1) is 0 Å². The first-order chi connectivity index (χ1) is 11.6. The van der Waals surface area contributed by atoms with Gasteiger partial charge >= 0.3 is 12.5 Å². The van der Waals surface area contributed by atoms with Crippen LogP contribution in [-0.2, 0) is 9.63 Å². The monoisotopic (exact) mass is 347 g/mol. The number of amides is 2. The van der Waals surface area contributed by atoms with Gasteiger partial charge in [-0.1, -0.05) is 23.7 Å². The van der Waals surface area contributed by atoms with Crippen LogP contribution in [0.3, 0.4) is 0 Å². The average molecular weight is 348 g/mol. The largest absolute Gasteiger partial charge is 0.345 e. The molecule has 0 fully saturated rings. The number of nitrogens with zero attached hydrogens (tertiary/aromatic N) is 2. The van der Waals surface area contributed by atoms with E-state index in [1.807, 2.05) is 0 Å². The summed E-state index contributed by atoms with van der Waals surface area (Å²) in [5.74, 6) is 0.340. The number of amidine groups is 1. The van der Waals surface area contributed by atoms with E-state index in [9.17, 15) is 9.59 Å². The van der Waals surface area contributed by atoms with E-state index in [4.69, 9.17) is 11.6 Å². The predicted octanol–water partition coefficient (Wildman–Crippen LogP) is 2.43. The molecular weight excluding hydrogens is 334 g/mol. The second kappa shape index (κ2) is 8.49. The number of carbonyl (C=O) groups excluding carboxylic acids is 2. The Balaban J connectivity index is 2.05. The van der Waals surface area contributed by atoms with Crippen LogP contribution < -0.4 is 16.1 Å². The molecule has 0 spiro atoms. The Morgan fingerprint density at radius 2 is 2.00 bits per heavy atom. The second-order valence-corrected chi connectivity index (χ2v) is 4.80. The second-order valence-electron chi connectivity index (χ2n) is 4.42. The van der Waals surface area contributed by atoms with Crippen molar-refractivity contribution in [1.82, 2.24) is 10.5 Å². The van der Waals surface area contributed by atoms with E-state index in [1.165, 1.54) is 19.3 Å². The molecule has 0 radical (unpaired) electrons. The molecule has 1 aromatic heterocycles. The molecule has 0 unspecified atom stereocenters. The SMILES string of the molecule is CN=C(NOC=O)c1cccc(NC(=O)Nc2ccnc(Cl)c2)c1. The van der Waals surface area contributed by atoms with E-state index in [0.717, 1.165) is 0 Å². The summed E-state index contributed by atoms with van der Waals surface area (Å²) in [4.78, 5) is 34.5. The molecule has 1 aromatic carbocycles.